The molecule has 0 spiro atoms. The number of nitrogens with zero attached hydrogens (tertiary/aromatic N) is 3. The third-order valence-electron chi connectivity index (χ3n) is 3.87. The highest BCUT2D eigenvalue weighted by Crippen LogP contribution is 2.27. The molecule has 0 aliphatic rings. The molecular formula is C20H18Cl2N4OS. The first-order valence-electron chi connectivity index (χ1n) is 8.46. The lowest BCUT2D eigenvalue weighted by molar-refractivity contribution is -0.113. The molecule has 144 valence electrons. The van der Waals surface area contributed by atoms with Crippen LogP contribution in [0.2, 0.25) is 10.0 Å². The fourth-order valence-corrected chi connectivity index (χ4v) is 3.60. The zero-order valence-electron chi connectivity index (χ0n) is 15.2. The molecule has 0 atom stereocenters. The van der Waals surface area contributed by atoms with Gasteiger partial charge in [0.15, 0.2) is 11.0 Å². The number of carbonyl (C=O) groups excluding carboxylic acids is 1. The molecule has 3 rings (SSSR count). The van der Waals surface area contributed by atoms with Crippen molar-refractivity contribution in [2.75, 3.05) is 11.1 Å². The second-order valence-electron chi connectivity index (χ2n) is 6.03. The van der Waals surface area contributed by atoms with Crippen molar-refractivity contribution in [1.82, 2.24) is 14.8 Å². The van der Waals surface area contributed by atoms with Gasteiger partial charge in [0.1, 0.15) is 0 Å². The van der Waals surface area contributed by atoms with Crippen LogP contribution >= 0.6 is 35.0 Å². The number of aryl methyl sites for hydroxylation is 1. The number of thioether (sulfide) groups is 1. The van der Waals surface area contributed by atoms with E-state index in [1.165, 1.54) is 17.3 Å². The average molecular weight is 433 g/mol. The van der Waals surface area contributed by atoms with E-state index in [-0.39, 0.29) is 11.7 Å². The largest absolute Gasteiger partial charge is 0.324 e. The van der Waals surface area contributed by atoms with Crippen LogP contribution in [-0.4, -0.2) is 26.4 Å². The molecular weight excluding hydrogens is 415 g/mol. The Labute approximate surface area is 177 Å². The van der Waals surface area contributed by atoms with Gasteiger partial charge in [-0.05, 0) is 25.1 Å². The summed E-state index contributed by atoms with van der Waals surface area (Å²) in [6, 6.07) is 13.0. The summed E-state index contributed by atoms with van der Waals surface area (Å²) in [6.45, 7) is 6.38. The van der Waals surface area contributed by atoms with E-state index in [0.29, 0.717) is 27.4 Å². The van der Waals surface area contributed by atoms with Gasteiger partial charge in [-0.15, -0.1) is 16.8 Å². The third-order valence-corrected chi connectivity index (χ3v) is 5.40. The molecule has 1 heterocycles. The normalized spacial score (nSPS) is 10.7. The Morgan fingerprint density at radius 1 is 1.21 bits per heavy atom. The third kappa shape index (κ3) is 4.95. The van der Waals surface area contributed by atoms with Gasteiger partial charge >= 0.3 is 0 Å². The first kappa shape index (κ1) is 20.5. The lowest BCUT2D eigenvalue weighted by Crippen LogP contribution is -2.15. The van der Waals surface area contributed by atoms with E-state index in [9.17, 15) is 4.79 Å². The van der Waals surface area contributed by atoms with Gasteiger partial charge in [0, 0.05) is 17.1 Å². The number of rotatable bonds is 7. The molecule has 0 saturated heterocycles. The summed E-state index contributed by atoms with van der Waals surface area (Å²) in [5.74, 6) is 0.686. The zero-order chi connectivity index (χ0) is 20.1. The number of carbonyl (C=O) groups is 1. The Balaban J connectivity index is 1.73. The van der Waals surface area contributed by atoms with Crippen LogP contribution in [0.1, 0.15) is 5.56 Å². The van der Waals surface area contributed by atoms with Crippen molar-refractivity contribution in [3.63, 3.8) is 0 Å². The van der Waals surface area contributed by atoms with Crippen LogP contribution in [0.25, 0.3) is 11.4 Å². The van der Waals surface area contributed by atoms with Crippen LogP contribution in [0.5, 0.6) is 0 Å². The van der Waals surface area contributed by atoms with E-state index in [1.54, 1.807) is 24.3 Å². The number of aromatic nitrogens is 3. The van der Waals surface area contributed by atoms with E-state index >= 15 is 0 Å². The Morgan fingerprint density at radius 2 is 1.96 bits per heavy atom. The van der Waals surface area contributed by atoms with Gasteiger partial charge in [0.2, 0.25) is 5.91 Å². The maximum atomic E-state index is 12.3. The smallest absolute Gasteiger partial charge is 0.234 e. The standard InChI is InChI=1S/C20H18Cl2N4OS/c1-3-10-26-19(14-6-4-13(2)5-7-14)24-25-20(26)28-12-18(27)23-17-11-15(21)8-9-16(17)22/h3-9,11H,1,10,12H2,2H3,(H,23,27). The number of hydrogen-bond acceptors (Lipinski definition) is 4. The number of nitrogens with one attached hydrogen (secondary N) is 1. The van der Waals surface area contributed by atoms with Crippen LogP contribution < -0.4 is 5.32 Å². The predicted octanol–water partition coefficient (Wildman–Crippen LogP) is 5.48. The number of halogens is 2. The molecule has 0 radical (unpaired) electrons. The summed E-state index contributed by atoms with van der Waals surface area (Å²) >= 11 is 13.3. The molecule has 0 unspecified atom stereocenters. The number of benzene rings is 2. The monoisotopic (exact) mass is 432 g/mol. The lowest BCUT2D eigenvalue weighted by atomic mass is 10.1. The van der Waals surface area contributed by atoms with Gasteiger partial charge < -0.3 is 5.32 Å². The highest BCUT2D eigenvalue weighted by Gasteiger charge is 2.15. The van der Waals surface area contributed by atoms with Gasteiger partial charge in [-0.1, -0.05) is 70.9 Å². The van der Waals surface area contributed by atoms with E-state index < -0.39 is 0 Å². The molecule has 0 bridgehead atoms. The highest BCUT2D eigenvalue weighted by molar-refractivity contribution is 7.99. The first-order chi connectivity index (χ1) is 13.5. The number of anilines is 1. The summed E-state index contributed by atoms with van der Waals surface area (Å²) in [5.41, 5.74) is 2.61. The van der Waals surface area contributed by atoms with Crippen LogP contribution in [0.15, 0.2) is 60.3 Å². The summed E-state index contributed by atoms with van der Waals surface area (Å²) in [4.78, 5) is 12.3. The number of hydrogen-bond donors (Lipinski definition) is 1. The predicted molar refractivity (Wildman–Crippen MR) is 116 cm³/mol. The van der Waals surface area contributed by atoms with Crippen LogP contribution in [0.3, 0.4) is 0 Å². The molecule has 8 heteroatoms. The van der Waals surface area contributed by atoms with E-state index in [2.05, 4.69) is 22.1 Å². The Kier molecular flexibility index (Phi) is 6.78. The quantitative estimate of drug-likeness (QED) is 0.396. The van der Waals surface area contributed by atoms with Crippen molar-refractivity contribution < 1.29 is 4.79 Å². The van der Waals surface area contributed by atoms with E-state index in [4.69, 9.17) is 23.2 Å². The molecule has 0 aliphatic carbocycles. The Morgan fingerprint density at radius 3 is 2.68 bits per heavy atom. The summed E-state index contributed by atoms with van der Waals surface area (Å²) in [7, 11) is 0. The van der Waals surface area contributed by atoms with Crippen LogP contribution in [0.4, 0.5) is 5.69 Å². The Bertz CT molecular complexity index is 1000. The maximum Gasteiger partial charge on any atom is 0.234 e. The van der Waals surface area contributed by atoms with Crippen molar-refractivity contribution in [2.24, 2.45) is 0 Å². The minimum atomic E-state index is -0.209. The number of amides is 1. The molecule has 28 heavy (non-hydrogen) atoms. The van der Waals surface area contributed by atoms with Gasteiger partial charge in [-0.2, -0.15) is 0 Å². The summed E-state index contributed by atoms with van der Waals surface area (Å²) in [6.07, 6.45) is 1.77. The molecule has 5 nitrogen and oxygen atoms in total. The maximum absolute atomic E-state index is 12.3. The van der Waals surface area contributed by atoms with Crippen molar-refractivity contribution >= 4 is 46.6 Å². The van der Waals surface area contributed by atoms with Crippen molar-refractivity contribution in [1.29, 1.82) is 0 Å². The van der Waals surface area contributed by atoms with E-state index in [0.717, 1.165) is 11.4 Å². The van der Waals surface area contributed by atoms with Crippen molar-refractivity contribution in [3.05, 3.63) is 70.7 Å². The fourth-order valence-electron chi connectivity index (χ4n) is 2.52. The molecule has 1 N–H and O–H groups in total. The van der Waals surface area contributed by atoms with Gasteiger partial charge in [-0.3, -0.25) is 9.36 Å². The molecule has 0 saturated carbocycles. The van der Waals surface area contributed by atoms with Crippen molar-refractivity contribution in [2.45, 2.75) is 18.6 Å². The molecule has 1 aromatic heterocycles. The van der Waals surface area contributed by atoms with E-state index in [1.807, 2.05) is 35.8 Å². The second-order valence-corrected chi connectivity index (χ2v) is 7.82. The highest BCUT2D eigenvalue weighted by atomic mass is 35.5. The van der Waals surface area contributed by atoms with Crippen LogP contribution in [-0.2, 0) is 11.3 Å². The molecule has 3 aromatic rings. The summed E-state index contributed by atoms with van der Waals surface area (Å²) < 4.78 is 1.93. The zero-order valence-corrected chi connectivity index (χ0v) is 17.5. The lowest BCUT2D eigenvalue weighted by Gasteiger charge is -2.09. The van der Waals surface area contributed by atoms with Gasteiger partial charge in [-0.25, -0.2) is 0 Å². The molecule has 0 fully saturated rings. The molecule has 0 aliphatic heterocycles. The van der Waals surface area contributed by atoms with Crippen LogP contribution in [0, 0.1) is 6.92 Å². The second kappa shape index (κ2) is 9.28. The SMILES string of the molecule is C=CCn1c(SCC(=O)Nc2cc(Cl)ccc2Cl)nnc1-c1ccc(C)cc1. The average Bonchev–Trinajstić information content (AvgIpc) is 3.07. The summed E-state index contributed by atoms with van der Waals surface area (Å²) in [5, 5.41) is 12.9. The fraction of sp³-hybridized carbons (Fsp3) is 0.150. The minimum Gasteiger partial charge on any atom is -0.324 e. The Hall–Kier alpha value is -2.28. The molecule has 1 amide bonds. The van der Waals surface area contributed by atoms with Crippen molar-refractivity contribution in [3.8, 4) is 11.4 Å². The van der Waals surface area contributed by atoms with Gasteiger partial charge in [0.05, 0.1) is 16.5 Å². The first-order valence-corrected chi connectivity index (χ1v) is 10.2. The minimum absolute atomic E-state index is 0.159. The topological polar surface area (TPSA) is 59.8 Å². The van der Waals surface area contributed by atoms with Gasteiger partial charge in [0.25, 0.3) is 0 Å². The molecule has 2 aromatic carbocycles. The number of allylic oxidation sites excluding steroid dienone is 1.